The van der Waals surface area contributed by atoms with Crippen LogP contribution in [0, 0.1) is 5.92 Å². The smallest absolute Gasteiger partial charge is 0.409 e. The van der Waals surface area contributed by atoms with Crippen LogP contribution in [-0.4, -0.2) is 71.1 Å². The summed E-state index contributed by atoms with van der Waals surface area (Å²) >= 11 is 0. The Balaban J connectivity index is 1.41. The number of rotatable bonds is 6. The minimum Gasteiger partial charge on any atom is -0.465 e. The number of aromatic nitrogens is 2. The van der Waals surface area contributed by atoms with Crippen molar-refractivity contribution in [3.63, 3.8) is 0 Å². The van der Waals surface area contributed by atoms with Crippen molar-refractivity contribution in [2.75, 3.05) is 41.8 Å². The molecule has 232 valence electrons. The number of nitrogens with zero attached hydrogens (tertiary/aromatic N) is 3. The molecule has 0 radical (unpaired) electrons. The molecule has 12 heteroatoms. The van der Waals surface area contributed by atoms with Gasteiger partial charge >= 0.3 is 12.2 Å². The highest BCUT2D eigenvalue weighted by Crippen LogP contribution is 2.31. The maximum atomic E-state index is 13.7. The van der Waals surface area contributed by atoms with E-state index in [9.17, 15) is 19.5 Å². The minimum absolute atomic E-state index is 0.0655. The molecule has 1 saturated heterocycles. The number of hydrogen-bond acceptors (Lipinski definition) is 8. The number of pyridine rings is 2. The maximum absolute atomic E-state index is 13.7. The number of piperidine rings is 1. The van der Waals surface area contributed by atoms with E-state index >= 15 is 0 Å². The van der Waals surface area contributed by atoms with Crippen LogP contribution in [0.1, 0.15) is 56.6 Å². The Bertz CT molecular complexity index is 1600. The van der Waals surface area contributed by atoms with Crippen LogP contribution in [0.4, 0.5) is 26.7 Å². The van der Waals surface area contributed by atoms with Crippen LogP contribution in [0.2, 0.25) is 0 Å². The Labute approximate surface area is 255 Å². The molecular formula is C32H38N6O6. The van der Waals surface area contributed by atoms with E-state index in [0.717, 1.165) is 29.7 Å². The Morgan fingerprint density at radius 1 is 1.09 bits per heavy atom. The molecule has 2 aliphatic heterocycles. The molecule has 1 aromatic carbocycles. The third-order valence-corrected chi connectivity index (χ3v) is 7.38. The van der Waals surface area contributed by atoms with Crippen molar-refractivity contribution in [2.24, 2.45) is 5.92 Å². The van der Waals surface area contributed by atoms with Crippen molar-refractivity contribution in [2.45, 2.75) is 52.2 Å². The zero-order chi connectivity index (χ0) is 31.4. The van der Waals surface area contributed by atoms with Crippen molar-refractivity contribution >= 4 is 51.6 Å². The summed E-state index contributed by atoms with van der Waals surface area (Å²) < 4.78 is 10.9. The fraction of sp³-hybridized carbons (Fsp3) is 0.406. The van der Waals surface area contributed by atoms with E-state index in [4.69, 9.17) is 9.47 Å². The average molecular weight is 603 g/mol. The number of alkyl carbamates (subject to hydrolysis) is 1. The van der Waals surface area contributed by atoms with Crippen molar-refractivity contribution in [1.82, 2.24) is 15.3 Å². The van der Waals surface area contributed by atoms with Crippen LogP contribution < -0.4 is 20.9 Å². The van der Waals surface area contributed by atoms with Crippen molar-refractivity contribution in [3.8, 4) is 0 Å². The summed E-state index contributed by atoms with van der Waals surface area (Å²) in [6, 6.07) is 8.96. The number of carbonyl (C=O) groups is 3. The van der Waals surface area contributed by atoms with E-state index in [1.165, 1.54) is 0 Å². The first kappa shape index (κ1) is 30.7. The van der Waals surface area contributed by atoms with Gasteiger partial charge in [0.05, 0.1) is 42.0 Å². The molecule has 0 saturated carbocycles. The van der Waals surface area contributed by atoms with Gasteiger partial charge in [-0.2, -0.15) is 0 Å². The summed E-state index contributed by atoms with van der Waals surface area (Å²) in [5, 5.41) is 18.4. The highest BCUT2D eigenvalue weighted by Gasteiger charge is 2.29. The largest absolute Gasteiger partial charge is 0.465 e. The summed E-state index contributed by atoms with van der Waals surface area (Å²) in [6.07, 6.45) is 4.97. The van der Waals surface area contributed by atoms with Crippen molar-refractivity contribution in [3.05, 3.63) is 60.1 Å². The molecule has 2 aromatic heterocycles. The monoisotopic (exact) mass is 602 g/mol. The molecule has 4 N–H and O–H groups in total. The third kappa shape index (κ3) is 7.62. The number of anilines is 3. The number of benzene rings is 1. The van der Waals surface area contributed by atoms with Crippen molar-refractivity contribution in [1.29, 1.82) is 0 Å². The fourth-order valence-corrected chi connectivity index (χ4v) is 5.61. The van der Waals surface area contributed by atoms with Gasteiger partial charge < -0.3 is 30.1 Å². The maximum Gasteiger partial charge on any atom is 0.409 e. The van der Waals surface area contributed by atoms with Crippen LogP contribution >= 0.6 is 0 Å². The number of nitrogens with one attached hydrogen (secondary N) is 3. The highest BCUT2D eigenvalue weighted by atomic mass is 16.6. The normalized spacial score (nSPS) is 18.7. The third-order valence-electron chi connectivity index (χ3n) is 7.38. The number of amides is 3. The second kappa shape index (κ2) is 12.9. The molecule has 3 amide bonds. The van der Waals surface area contributed by atoms with Gasteiger partial charge in [0.15, 0.2) is 5.69 Å². The Kier molecular flexibility index (Phi) is 9.00. The predicted molar refractivity (Wildman–Crippen MR) is 168 cm³/mol. The van der Waals surface area contributed by atoms with E-state index in [-0.39, 0.29) is 23.3 Å². The molecule has 1 fully saturated rings. The topological polar surface area (TPSA) is 155 Å². The number of carbonyl (C=O) groups excluding carboxylic acids is 2. The minimum atomic E-state index is -1.31. The molecule has 12 nitrogen and oxygen atoms in total. The van der Waals surface area contributed by atoms with E-state index < -0.39 is 23.7 Å². The summed E-state index contributed by atoms with van der Waals surface area (Å²) in [5.41, 5.74) is 3.22. The zero-order valence-electron chi connectivity index (χ0n) is 25.3. The number of fused-ring (bicyclic) bond motifs is 1. The van der Waals surface area contributed by atoms with Crippen LogP contribution in [0.3, 0.4) is 0 Å². The molecule has 44 heavy (non-hydrogen) atoms. The van der Waals surface area contributed by atoms with Gasteiger partial charge in [-0.25, -0.2) is 14.6 Å². The SMILES string of the molecule is C[C@@H]1C[C@H](NC(=O)OC(C)(C)C)CN(c2ccncc2NC(=O)c2nc3cc(C4=CCOCC4)ccc3cc2NC(=O)O)C1. The lowest BCUT2D eigenvalue weighted by molar-refractivity contribution is 0.0495. The molecular weight excluding hydrogens is 564 g/mol. The van der Waals surface area contributed by atoms with Crippen LogP contribution in [0.15, 0.2) is 48.8 Å². The van der Waals surface area contributed by atoms with E-state index in [1.807, 2.05) is 45.0 Å². The van der Waals surface area contributed by atoms with Gasteiger partial charge in [-0.1, -0.05) is 25.1 Å². The standard InChI is InChI=1S/C32H38N6O6/c1-19-13-23(34-31(42)44-32(2,3)4)18-38(17-19)27-7-10-33-16-26(27)36-29(39)28-25(37-30(40)41)15-22-6-5-21(14-24(22)35-28)20-8-11-43-12-9-20/h5-8,10,14-16,19,23,37H,9,11-13,17-18H2,1-4H3,(H,34,42)(H,36,39)(H,40,41)/t19-,23+/m1/s1. The second-order valence-electron chi connectivity index (χ2n) is 12.2. The van der Waals surface area contributed by atoms with E-state index in [0.29, 0.717) is 42.9 Å². The number of ether oxygens (including phenoxy) is 2. The Morgan fingerprint density at radius 2 is 1.91 bits per heavy atom. The summed E-state index contributed by atoms with van der Waals surface area (Å²) in [6.45, 7) is 9.92. The molecule has 0 unspecified atom stereocenters. The van der Waals surface area contributed by atoms with Gasteiger partial charge in [0, 0.05) is 30.7 Å². The number of hydrogen-bond donors (Lipinski definition) is 4. The van der Waals surface area contributed by atoms with E-state index in [2.05, 4.69) is 37.7 Å². The van der Waals surface area contributed by atoms with Gasteiger partial charge in [-0.05, 0) is 68.9 Å². The molecule has 0 aliphatic carbocycles. The van der Waals surface area contributed by atoms with Crippen LogP contribution in [0.25, 0.3) is 16.5 Å². The molecule has 5 rings (SSSR count). The fourth-order valence-electron chi connectivity index (χ4n) is 5.61. The van der Waals surface area contributed by atoms with Crippen LogP contribution in [0.5, 0.6) is 0 Å². The molecule has 3 aromatic rings. The van der Waals surface area contributed by atoms with Crippen LogP contribution in [-0.2, 0) is 9.47 Å². The first-order valence-electron chi connectivity index (χ1n) is 14.7. The number of carboxylic acid groups (broad SMARTS) is 1. The Hall–Kier alpha value is -4.71. The van der Waals surface area contributed by atoms with Gasteiger partial charge in [0.1, 0.15) is 5.60 Å². The average Bonchev–Trinajstić information content (AvgIpc) is 2.95. The summed E-state index contributed by atoms with van der Waals surface area (Å²) in [7, 11) is 0. The van der Waals surface area contributed by atoms with Gasteiger partial charge in [-0.3, -0.25) is 15.1 Å². The zero-order valence-corrected chi connectivity index (χ0v) is 25.3. The lowest BCUT2D eigenvalue weighted by atomic mass is 9.95. The Morgan fingerprint density at radius 3 is 2.64 bits per heavy atom. The van der Waals surface area contributed by atoms with Crippen molar-refractivity contribution < 1.29 is 29.0 Å². The second-order valence-corrected chi connectivity index (χ2v) is 12.2. The molecule has 0 spiro atoms. The molecule has 2 aliphatic rings. The lowest BCUT2D eigenvalue weighted by Gasteiger charge is -2.39. The quantitative estimate of drug-likeness (QED) is 0.286. The van der Waals surface area contributed by atoms with Gasteiger partial charge in [0.2, 0.25) is 0 Å². The predicted octanol–water partition coefficient (Wildman–Crippen LogP) is 5.52. The first-order chi connectivity index (χ1) is 20.9. The lowest BCUT2D eigenvalue weighted by Crippen LogP contribution is -2.51. The van der Waals surface area contributed by atoms with Gasteiger partial charge in [0.25, 0.3) is 5.91 Å². The van der Waals surface area contributed by atoms with Gasteiger partial charge in [-0.15, -0.1) is 0 Å². The van der Waals surface area contributed by atoms with E-state index in [1.54, 1.807) is 24.5 Å². The molecule has 2 atom stereocenters. The summed E-state index contributed by atoms with van der Waals surface area (Å²) in [4.78, 5) is 48.8. The highest BCUT2D eigenvalue weighted by molar-refractivity contribution is 6.11. The molecule has 4 heterocycles. The first-order valence-corrected chi connectivity index (χ1v) is 14.7. The summed E-state index contributed by atoms with van der Waals surface area (Å²) in [5.74, 6) is -0.344. The molecule has 0 bridgehead atoms.